The summed E-state index contributed by atoms with van der Waals surface area (Å²) in [7, 11) is 0. The van der Waals surface area contributed by atoms with Crippen molar-refractivity contribution >= 4 is 34.6 Å². The van der Waals surface area contributed by atoms with Crippen molar-refractivity contribution in [1.29, 1.82) is 0 Å². The molecular formula is C25H25N5O7. The highest BCUT2D eigenvalue weighted by Crippen LogP contribution is 2.39. The fourth-order valence-electron chi connectivity index (χ4n) is 4.13. The van der Waals surface area contributed by atoms with Crippen LogP contribution in [0, 0.1) is 10.4 Å². The number of furan rings is 1. The molecule has 2 heterocycles. The molecule has 12 heteroatoms. The zero-order chi connectivity index (χ0) is 26.7. The molecule has 1 aliphatic rings. The Bertz CT molecular complexity index is 1260. The van der Waals surface area contributed by atoms with Gasteiger partial charge in [-0.15, -0.1) is 0 Å². The fraction of sp³-hybridized carbons (Fsp3) is 0.120. The van der Waals surface area contributed by atoms with Crippen LogP contribution in [0.25, 0.3) is 0 Å². The van der Waals surface area contributed by atoms with Crippen LogP contribution in [0.15, 0.2) is 93.9 Å². The Balaban J connectivity index is 1.64. The third-order valence-electron chi connectivity index (χ3n) is 5.86. The molecule has 192 valence electrons. The summed E-state index contributed by atoms with van der Waals surface area (Å²) in [5.74, 6) is -1.48. The van der Waals surface area contributed by atoms with Crippen molar-refractivity contribution < 1.29 is 34.9 Å². The third kappa shape index (κ3) is 5.59. The number of carbonyl (C=O) groups excluding carboxylic acids is 2. The molecule has 0 fully saturated rings. The van der Waals surface area contributed by atoms with Crippen molar-refractivity contribution in [3.05, 3.63) is 106 Å². The Morgan fingerprint density at radius 3 is 1.59 bits per heavy atom. The molecule has 2 amide bonds. The lowest BCUT2D eigenvalue weighted by Gasteiger charge is -2.30. The number of allylic oxidation sites excluding steroid dienone is 2. The van der Waals surface area contributed by atoms with Gasteiger partial charge in [0.2, 0.25) is 0 Å². The molecule has 37 heavy (non-hydrogen) atoms. The Hall–Kier alpha value is -4.30. The topological polar surface area (TPSA) is 179 Å². The lowest BCUT2D eigenvalue weighted by molar-refractivity contribution is -0.991. The number of nitrogens with one attached hydrogen (secondary N) is 5. The smallest absolute Gasteiger partial charge is 0.254 e. The molecular weight excluding hydrogens is 482 g/mol. The van der Waals surface area contributed by atoms with E-state index < -0.39 is 28.2 Å². The summed E-state index contributed by atoms with van der Waals surface area (Å²) >= 11 is 0. The molecule has 0 saturated heterocycles. The van der Waals surface area contributed by atoms with Crippen LogP contribution in [0.5, 0.6) is 0 Å². The maximum absolute atomic E-state index is 13.5. The summed E-state index contributed by atoms with van der Waals surface area (Å²) < 4.78 is 5.63. The molecule has 7 N–H and O–H groups in total. The van der Waals surface area contributed by atoms with Crippen molar-refractivity contribution in [2.24, 2.45) is 0 Å². The monoisotopic (exact) mass is 507 g/mol. The zero-order valence-electron chi connectivity index (χ0n) is 19.9. The molecule has 12 nitrogen and oxygen atoms in total. The Kier molecular flexibility index (Phi) is 7.50. The summed E-state index contributed by atoms with van der Waals surface area (Å²) in [6.45, 7) is 3.42. The van der Waals surface area contributed by atoms with Crippen LogP contribution < -0.4 is 26.4 Å². The molecule has 2 atom stereocenters. The molecule has 2 aromatic carbocycles. The molecule has 0 spiro atoms. The molecule has 3 aromatic rings. The maximum atomic E-state index is 13.5. The van der Waals surface area contributed by atoms with E-state index in [1.165, 1.54) is 54.8 Å². The van der Waals surface area contributed by atoms with E-state index in [4.69, 9.17) is 14.8 Å². The standard InChI is InChI=1S/C25H25N5O7/c1-14-21(24(31)27-16-5-9-18(10-6-16)29(33)34)23(20-4-3-13-37-20)22(15(2)26-14)25(32)28-17-7-11-19(12-8-17)30(35)36/h3-13,23,26,29-30,33,35H,1-2H3,(H,27,31)(H,28,32). The van der Waals surface area contributed by atoms with Gasteiger partial charge in [-0.05, 0) is 50.2 Å². The van der Waals surface area contributed by atoms with Crippen LogP contribution in [0.3, 0.4) is 0 Å². The number of quaternary nitrogens is 2. The van der Waals surface area contributed by atoms with Gasteiger partial charge in [-0.25, -0.2) is 10.4 Å². The van der Waals surface area contributed by atoms with E-state index >= 15 is 0 Å². The normalized spacial score (nSPS) is 17.2. The van der Waals surface area contributed by atoms with E-state index in [0.717, 1.165) is 0 Å². The first kappa shape index (κ1) is 25.8. The van der Waals surface area contributed by atoms with Crippen molar-refractivity contribution in [1.82, 2.24) is 5.32 Å². The van der Waals surface area contributed by atoms with Gasteiger partial charge >= 0.3 is 0 Å². The van der Waals surface area contributed by atoms with Crippen LogP contribution in [0.2, 0.25) is 0 Å². The lowest BCUT2D eigenvalue weighted by Crippen LogP contribution is -2.99. The highest BCUT2D eigenvalue weighted by atomic mass is 16.8. The van der Waals surface area contributed by atoms with E-state index in [2.05, 4.69) is 16.0 Å². The summed E-state index contributed by atoms with van der Waals surface area (Å²) in [6, 6.07) is 14.7. The highest BCUT2D eigenvalue weighted by molar-refractivity contribution is 6.11. The quantitative estimate of drug-likeness (QED) is 0.236. The van der Waals surface area contributed by atoms with Gasteiger partial charge in [-0.2, -0.15) is 10.5 Å². The van der Waals surface area contributed by atoms with Gasteiger partial charge in [0, 0.05) is 47.0 Å². The van der Waals surface area contributed by atoms with Crippen molar-refractivity contribution in [3.8, 4) is 0 Å². The highest BCUT2D eigenvalue weighted by Gasteiger charge is 2.38. The Labute approximate surface area is 211 Å². The second-order valence-corrected chi connectivity index (χ2v) is 8.32. The van der Waals surface area contributed by atoms with Crippen molar-refractivity contribution in [2.75, 3.05) is 10.6 Å². The van der Waals surface area contributed by atoms with Crippen molar-refractivity contribution in [2.45, 2.75) is 19.8 Å². The van der Waals surface area contributed by atoms with Gasteiger partial charge in [0.05, 0.1) is 23.3 Å². The summed E-state index contributed by atoms with van der Waals surface area (Å²) in [6.07, 6.45) is 1.45. The van der Waals surface area contributed by atoms with Crippen LogP contribution in [0.4, 0.5) is 22.7 Å². The average Bonchev–Trinajstić information content (AvgIpc) is 3.39. The molecule has 0 saturated carbocycles. The summed E-state index contributed by atoms with van der Waals surface area (Å²) in [4.78, 5) is 26.9. The second kappa shape index (κ2) is 10.8. The molecule has 4 rings (SSSR count). The number of dihydropyridines is 1. The molecule has 0 bridgehead atoms. The number of benzene rings is 2. The van der Waals surface area contributed by atoms with E-state index in [1.807, 2.05) is 0 Å². The van der Waals surface area contributed by atoms with Gasteiger partial charge < -0.3 is 30.8 Å². The van der Waals surface area contributed by atoms with E-state index in [-0.39, 0.29) is 22.5 Å². The molecule has 0 radical (unpaired) electrons. The van der Waals surface area contributed by atoms with Gasteiger partial charge in [-0.1, -0.05) is 0 Å². The summed E-state index contributed by atoms with van der Waals surface area (Å²) in [5.41, 5.74) is 2.43. The van der Waals surface area contributed by atoms with Crippen LogP contribution >= 0.6 is 0 Å². The fourth-order valence-corrected chi connectivity index (χ4v) is 4.13. The van der Waals surface area contributed by atoms with Gasteiger partial charge in [-0.3, -0.25) is 9.59 Å². The average molecular weight is 508 g/mol. The lowest BCUT2D eigenvalue weighted by atomic mass is 9.82. The second-order valence-electron chi connectivity index (χ2n) is 8.32. The van der Waals surface area contributed by atoms with Crippen LogP contribution in [-0.4, -0.2) is 22.2 Å². The number of hydrogen-bond acceptors (Lipinski definition) is 8. The van der Waals surface area contributed by atoms with E-state index in [0.29, 0.717) is 28.5 Å². The van der Waals surface area contributed by atoms with E-state index in [1.54, 1.807) is 26.0 Å². The molecule has 1 aliphatic heterocycles. The predicted molar refractivity (Wildman–Crippen MR) is 132 cm³/mol. The minimum Gasteiger partial charge on any atom is -0.595 e. The molecule has 1 aromatic heterocycles. The SMILES string of the molecule is CC1=C(C(=O)Nc2ccc([NH+]([O-])O)cc2)C(c2ccco2)C(C(=O)Nc2ccc([NH+]([O-])O)cc2)=C(C)N1. The maximum Gasteiger partial charge on any atom is 0.254 e. The predicted octanol–water partition coefficient (Wildman–Crippen LogP) is 1.60. The number of amides is 2. The minimum absolute atomic E-state index is 0.0788. The zero-order valence-corrected chi connectivity index (χ0v) is 19.9. The Morgan fingerprint density at radius 2 is 1.24 bits per heavy atom. The van der Waals surface area contributed by atoms with E-state index in [9.17, 15) is 20.0 Å². The Morgan fingerprint density at radius 1 is 0.811 bits per heavy atom. The van der Waals surface area contributed by atoms with Gasteiger partial charge in [0.1, 0.15) is 5.76 Å². The first-order chi connectivity index (χ1) is 17.7. The summed E-state index contributed by atoms with van der Waals surface area (Å²) in [5, 5.41) is 46.9. The largest absolute Gasteiger partial charge is 0.595 e. The van der Waals surface area contributed by atoms with Crippen molar-refractivity contribution in [3.63, 3.8) is 0 Å². The number of hydrogen-bond donors (Lipinski definition) is 7. The molecule has 2 unspecified atom stereocenters. The number of rotatable bonds is 7. The van der Waals surface area contributed by atoms with Crippen LogP contribution in [0.1, 0.15) is 25.5 Å². The first-order valence-corrected chi connectivity index (χ1v) is 11.2. The third-order valence-corrected chi connectivity index (χ3v) is 5.86. The molecule has 0 aliphatic carbocycles. The number of anilines is 2. The minimum atomic E-state index is -1.08. The van der Waals surface area contributed by atoms with Crippen LogP contribution in [-0.2, 0) is 9.59 Å². The first-order valence-electron chi connectivity index (χ1n) is 11.2. The van der Waals surface area contributed by atoms with Gasteiger partial charge in [0.15, 0.2) is 11.4 Å². The number of carbonyl (C=O) groups is 2. The van der Waals surface area contributed by atoms with Gasteiger partial charge in [0.25, 0.3) is 11.8 Å².